The van der Waals surface area contributed by atoms with Gasteiger partial charge in [0.2, 0.25) is 0 Å². The van der Waals surface area contributed by atoms with E-state index in [1.54, 1.807) is 6.20 Å². The summed E-state index contributed by atoms with van der Waals surface area (Å²) in [7, 11) is 1.99. The van der Waals surface area contributed by atoms with Crippen LogP contribution in [0.1, 0.15) is 13.3 Å². The molecule has 5 nitrogen and oxygen atoms in total. The highest BCUT2D eigenvalue weighted by atomic mass is 16.5. The molecule has 2 rings (SSSR count). The number of likely N-dealkylation sites (N-methyl/N-ethyl adjacent to an activating group) is 1. The van der Waals surface area contributed by atoms with E-state index in [1.807, 2.05) is 7.05 Å². The first-order valence-electron chi connectivity index (χ1n) is 5.10. The molecule has 0 aliphatic carbocycles. The molecule has 1 aromatic heterocycles. The zero-order valence-corrected chi connectivity index (χ0v) is 9.05. The molecule has 15 heavy (non-hydrogen) atoms. The van der Waals surface area contributed by atoms with Gasteiger partial charge in [0.05, 0.1) is 24.0 Å². The highest BCUT2D eigenvalue weighted by molar-refractivity contribution is 5.61. The average molecular weight is 208 g/mol. The Morgan fingerprint density at radius 1 is 1.60 bits per heavy atom. The van der Waals surface area contributed by atoms with Crippen LogP contribution in [0.4, 0.5) is 11.5 Å². The number of rotatable bonds is 2. The van der Waals surface area contributed by atoms with Crippen LogP contribution in [0.5, 0.6) is 0 Å². The first-order chi connectivity index (χ1) is 7.20. The zero-order valence-electron chi connectivity index (χ0n) is 9.05. The molecular formula is C10H16N4O. The maximum absolute atomic E-state index is 5.83. The van der Waals surface area contributed by atoms with Crippen LogP contribution in [0.15, 0.2) is 12.5 Å². The van der Waals surface area contributed by atoms with E-state index in [2.05, 4.69) is 21.8 Å². The summed E-state index contributed by atoms with van der Waals surface area (Å²) in [4.78, 5) is 10.1. The molecule has 0 amide bonds. The SMILES string of the molecule is CC1OCCC1N(C)c1ncncc1N. The number of anilines is 2. The van der Waals surface area contributed by atoms with Gasteiger partial charge in [0.15, 0.2) is 5.82 Å². The van der Waals surface area contributed by atoms with Crippen LogP contribution < -0.4 is 10.6 Å². The Hall–Kier alpha value is -1.36. The zero-order chi connectivity index (χ0) is 10.8. The van der Waals surface area contributed by atoms with Gasteiger partial charge in [-0.3, -0.25) is 0 Å². The minimum Gasteiger partial charge on any atom is -0.394 e. The molecule has 1 aromatic rings. The second kappa shape index (κ2) is 4.02. The van der Waals surface area contributed by atoms with E-state index in [0.29, 0.717) is 11.7 Å². The van der Waals surface area contributed by atoms with Crippen molar-refractivity contribution in [1.82, 2.24) is 9.97 Å². The Morgan fingerprint density at radius 2 is 2.40 bits per heavy atom. The van der Waals surface area contributed by atoms with Gasteiger partial charge in [0.25, 0.3) is 0 Å². The summed E-state index contributed by atoms with van der Waals surface area (Å²) in [5.74, 6) is 0.785. The Morgan fingerprint density at radius 3 is 3.00 bits per heavy atom. The Bertz CT molecular complexity index is 344. The summed E-state index contributed by atoms with van der Waals surface area (Å²) in [6.45, 7) is 2.88. The van der Waals surface area contributed by atoms with Crippen LogP contribution in [0, 0.1) is 0 Å². The smallest absolute Gasteiger partial charge is 0.155 e. The molecule has 0 aromatic carbocycles. The number of nitrogens with zero attached hydrogens (tertiary/aromatic N) is 3. The molecule has 0 spiro atoms. The molecule has 0 radical (unpaired) electrons. The van der Waals surface area contributed by atoms with Crippen LogP contribution in [0.2, 0.25) is 0 Å². The van der Waals surface area contributed by atoms with E-state index < -0.39 is 0 Å². The fourth-order valence-electron chi connectivity index (χ4n) is 2.01. The Balaban J connectivity index is 2.20. The quantitative estimate of drug-likeness (QED) is 0.774. The predicted molar refractivity (Wildman–Crippen MR) is 58.7 cm³/mol. The highest BCUT2D eigenvalue weighted by Crippen LogP contribution is 2.25. The number of nitrogen functional groups attached to an aromatic ring is 1. The average Bonchev–Trinajstić information content (AvgIpc) is 2.64. The van der Waals surface area contributed by atoms with Gasteiger partial charge in [0.1, 0.15) is 6.33 Å². The number of ether oxygens (including phenoxy) is 1. The first kappa shape index (κ1) is 10.2. The molecule has 1 aliphatic rings. The van der Waals surface area contributed by atoms with Crippen molar-refractivity contribution in [1.29, 1.82) is 0 Å². The Labute approximate surface area is 89.3 Å². The molecule has 2 heterocycles. The van der Waals surface area contributed by atoms with E-state index in [4.69, 9.17) is 10.5 Å². The molecule has 5 heteroatoms. The second-order valence-corrected chi connectivity index (χ2v) is 3.84. The van der Waals surface area contributed by atoms with Gasteiger partial charge in [-0.25, -0.2) is 9.97 Å². The van der Waals surface area contributed by atoms with Crippen LogP contribution in [-0.2, 0) is 4.74 Å². The Kier molecular flexibility index (Phi) is 2.73. The molecule has 2 N–H and O–H groups in total. The lowest BCUT2D eigenvalue weighted by Gasteiger charge is -2.28. The van der Waals surface area contributed by atoms with E-state index in [0.717, 1.165) is 18.8 Å². The molecular weight excluding hydrogens is 192 g/mol. The van der Waals surface area contributed by atoms with E-state index in [-0.39, 0.29) is 6.10 Å². The van der Waals surface area contributed by atoms with Crippen LogP contribution >= 0.6 is 0 Å². The van der Waals surface area contributed by atoms with Gasteiger partial charge in [-0.05, 0) is 13.3 Å². The number of hydrogen-bond donors (Lipinski definition) is 1. The highest BCUT2D eigenvalue weighted by Gasteiger charge is 2.29. The second-order valence-electron chi connectivity index (χ2n) is 3.84. The fraction of sp³-hybridized carbons (Fsp3) is 0.600. The van der Waals surface area contributed by atoms with Crippen molar-refractivity contribution in [2.45, 2.75) is 25.5 Å². The van der Waals surface area contributed by atoms with Crippen LogP contribution in [0.3, 0.4) is 0 Å². The van der Waals surface area contributed by atoms with Crippen molar-refractivity contribution < 1.29 is 4.74 Å². The van der Waals surface area contributed by atoms with Crippen molar-refractivity contribution in [3.8, 4) is 0 Å². The lowest BCUT2D eigenvalue weighted by molar-refractivity contribution is 0.118. The van der Waals surface area contributed by atoms with Crippen molar-refractivity contribution in [2.24, 2.45) is 0 Å². The molecule has 0 saturated carbocycles. The third-order valence-corrected chi connectivity index (χ3v) is 2.89. The van der Waals surface area contributed by atoms with E-state index in [9.17, 15) is 0 Å². The lowest BCUT2D eigenvalue weighted by atomic mass is 10.1. The van der Waals surface area contributed by atoms with Gasteiger partial charge < -0.3 is 15.4 Å². The molecule has 2 atom stereocenters. The standard InChI is InChI=1S/C10H16N4O/c1-7-9(3-4-15-7)14(2)10-8(11)5-12-6-13-10/h5-7,9H,3-4,11H2,1-2H3. The van der Waals surface area contributed by atoms with Crippen molar-refractivity contribution in [3.05, 3.63) is 12.5 Å². The van der Waals surface area contributed by atoms with Gasteiger partial charge >= 0.3 is 0 Å². The van der Waals surface area contributed by atoms with Gasteiger partial charge in [0, 0.05) is 13.7 Å². The van der Waals surface area contributed by atoms with Gasteiger partial charge in [-0.15, -0.1) is 0 Å². The minimum atomic E-state index is 0.226. The summed E-state index contributed by atoms with van der Waals surface area (Å²) in [5, 5.41) is 0. The number of hydrogen-bond acceptors (Lipinski definition) is 5. The summed E-state index contributed by atoms with van der Waals surface area (Å²) < 4.78 is 5.52. The topological polar surface area (TPSA) is 64.3 Å². The number of aromatic nitrogens is 2. The summed E-state index contributed by atoms with van der Waals surface area (Å²) in [6.07, 6.45) is 4.38. The van der Waals surface area contributed by atoms with Gasteiger partial charge in [-0.1, -0.05) is 0 Å². The third-order valence-electron chi connectivity index (χ3n) is 2.89. The third kappa shape index (κ3) is 1.87. The van der Waals surface area contributed by atoms with Crippen molar-refractivity contribution >= 4 is 11.5 Å². The van der Waals surface area contributed by atoms with E-state index in [1.165, 1.54) is 6.33 Å². The summed E-state index contributed by atoms with van der Waals surface area (Å²) in [6, 6.07) is 0.349. The predicted octanol–water partition coefficient (Wildman–Crippen LogP) is 0.672. The maximum atomic E-state index is 5.83. The molecule has 2 unspecified atom stereocenters. The van der Waals surface area contributed by atoms with E-state index >= 15 is 0 Å². The van der Waals surface area contributed by atoms with Crippen molar-refractivity contribution in [2.75, 3.05) is 24.3 Å². The first-order valence-corrected chi connectivity index (χ1v) is 5.10. The monoisotopic (exact) mass is 208 g/mol. The normalized spacial score (nSPS) is 25.5. The molecule has 1 fully saturated rings. The van der Waals surface area contributed by atoms with Crippen LogP contribution in [0.25, 0.3) is 0 Å². The summed E-state index contributed by atoms with van der Waals surface area (Å²) >= 11 is 0. The molecule has 1 aliphatic heterocycles. The number of nitrogens with two attached hydrogens (primary N) is 1. The van der Waals surface area contributed by atoms with Crippen molar-refractivity contribution in [3.63, 3.8) is 0 Å². The lowest BCUT2D eigenvalue weighted by Crippen LogP contribution is -2.37. The maximum Gasteiger partial charge on any atom is 0.155 e. The van der Waals surface area contributed by atoms with Gasteiger partial charge in [-0.2, -0.15) is 0 Å². The van der Waals surface area contributed by atoms with Crippen LogP contribution in [-0.4, -0.2) is 35.8 Å². The fourth-order valence-corrected chi connectivity index (χ4v) is 2.01. The summed E-state index contributed by atoms with van der Waals surface area (Å²) in [5.41, 5.74) is 6.44. The largest absolute Gasteiger partial charge is 0.394 e. The molecule has 1 saturated heterocycles. The molecule has 82 valence electrons. The minimum absolute atomic E-state index is 0.226. The molecule has 0 bridgehead atoms.